The van der Waals surface area contributed by atoms with Crippen molar-refractivity contribution < 1.29 is 64.6 Å². The first-order valence-corrected chi connectivity index (χ1v) is 23.1. The smallest absolute Gasteiger partial charge is 0.220 e. The van der Waals surface area contributed by atoms with Crippen LogP contribution >= 0.6 is 0 Å². The van der Waals surface area contributed by atoms with E-state index in [4.69, 9.17) is 18.9 Å². The van der Waals surface area contributed by atoms with E-state index in [1.807, 2.05) is 6.08 Å². The van der Waals surface area contributed by atoms with Gasteiger partial charge in [-0.05, 0) is 44.9 Å². The number of unbranched alkanes of at least 4 members (excludes halogenated alkanes) is 19. The molecule has 14 heteroatoms. The Bertz CT molecular complexity index is 1090. The van der Waals surface area contributed by atoms with Crippen LogP contribution < -0.4 is 5.32 Å². The molecule has 0 radical (unpaired) electrons. The maximum atomic E-state index is 13.1. The molecule has 12 atom stereocenters. The topological polar surface area (TPSA) is 228 Å². The van der Waals surface area contributed by atoms with Gasteiger partial charge in [-0.3, -0.25) is 4.79 Å². The molecule has 2 heterocycles. The summed E-state index contributed by atoms with van der Waals surface area (Å²) in [6.07, 6.45) is 16.8. The van der Waals surface area contributed by atoms with Crippen molar-refractivity contribution >= 4 is 5.91 Å². The molecule has 2 fully saturated rings. The SMILES string of the molecule is CCCCCCC/C=C/C(O)C(COC1OC(CO)C(OC2OC(CO)C(O)C(O)C2O)C(O)C1O)NC(=O)CCCCCCCCC/C=C\CCCCCCCCC. The highest BCUT2D eigenvalue weighted by atomic mass is 16.7. The molecule has 0 aromatic rings. The molecule has 0 spiro atoms. The van der Waals surface area contributed by atoms with Crippen LogP contribution in [0, 0.1) is 0 Å². The van der Waals surface area contributed by atoms with Gasteiger partial charge in [0.05, 0.1) is 32.0 Å². The van der Waals surface area contributed by atoms with E-state index in [2.05, 4.69) is 31.3 Å². The Morgan fingerprint density at radius 1 is 0.593 bits per heavy atom. The van der Waals surface area contributed by atoms with Crippen LogP contribution in [0.5, 0.6) is 0 Å². The number of ether oxygens (including phenoxy) is 4. The molecule has 14 nitrogen and oxygen atoms in total. The molecule has 0 aromatic carbocycles. The van der Waals surface area contributed by atoms with Gasteiger partial charge >= 0.3 is 0 Å². The predicted molar refractivity (Wildman–Crippen MR) is 226 cm³/mol. The average molecular weight is 846 g/mol. The number of allylic oxidation sites excluding steroid dienone is 3. The van der Waals surface area contributed by atoms with E-state index < -0.39 is 86.8 Å². The number of hydrogen-bond acceptors (Lipinski definition) is 13. The van der Waals surface area contributed by atoms with Gasteiger partial charge in [-0.1, -0.05) is 134 Å². The number of aliphatic hydroxyl groups excluding tert-OH is 8. The molecule has 0 aromatic heterocycles. The fourth-order valence-corrected chi connectivity index (χ4v) is 7.52. The molecule has 0 saturated carbocycles. The van der Waals surface area contributed by atoms with Crippen molar-refractivity contribution in [3.8, 4) is 0 Å². The van der Waals surface area contributed by atoms with E-state index in [9.17, 15) is 45.6 Å². The van der Waals surface area contributed by atoms with Gasteiger partial charge in [0.1, 0.15) is 48.8 Å². The Hall–Kier alpha value is -1.53. The summed E-state index contributed by atoms with van der Waals surface area (Å²) in [6.45, 7) is 2.69. The van der Waals surface area contributed by atoms with Gasteiger partial charge in [-0.25, -0.2) is 0 Å². The number of nitrogens with one attached hydrogen (secondary N) is 1. The minimum absolute atomic E-state index is 0.250. The van der Waals surface area contributed by atoms with Gasteiger partial charge in [0.15, 0.2) is 12.6 Å². The lowest BCUT2D eigenvalue weighted by molar-refractivity contribution is -0.359. The van der Waals surface area contributed by atoms with Gasteiger partial charge in [0.2, 0.25) is 5.91 Å². The monoisotopic (exact) mass is 846 g/mol. The van der Waals surface area contributed by atoms with E-state index >= 15 is 0 Å². The third-order valence-electron chi connectivity index (χ3n) is 11.4. The normalized spacial score (nSPS) is 28.7. The highest BCUT2D eigenvalue weighted by molar-refractivity contribution is 5.76. The van der Waals surface area contributed by atoms with Crippen molar-refractivity contribution in [1.29, 1.82) is 0 Å². The van der Waals surface area contributed by atoms with Crippen molar-refractivity contribution in [2.45, 2.75) is 235 Å². The van der Waals surface area contributed by atoms with Crippen LogP contribution in [0.3, 0.4) is 0 Å². The summed E-state index contributed by atoms with van der Waals surface area (Å²) in [6, 6.07) is -0.910. The molecular formula is C45H83NO13. The lowest BCUT2D eigenvalue weighted by atomic mass is 9.97. The molecule has 9 N–H and O–H groups in total. The van der Waals surface area contributed by atoms with Gasteiger partial charge < -0.3 is 65.1 Å². The number of aliphatic hydroxyl groups is 8. The molecule has 0 aliphatic carbocycles. The van der Waals surface area contributed by atoms with Gasteiger partial charge in [0.25, 0.3) is 0 Å². The van der Waals surface area contributed by atoms with Crippen LogP contribution in [-0.2, 0) is 23.7 Å². The maximum absolute atomic E-state index is 13.1. The van der Waals surface area contributed by atoms with Crippen LogP contribution in [0.25, 0.3) is 0 Å². The third-order valence-corrected chi connectivity index (χ3v) is 11.4. The molecule has 2 aliphatic heterocycles. The molecule has 1 amide bonds. The van der Waals surface area contributed by atoms with Gasteiger partial charge in [-0.15, -0.1) is 0 Å². The molecule has 2 rings (SSSR count). The fourth-order valence-electron chi connectivity index (χ4n) is 7.52. The first kappa shape index (κ1) is 53.6. The standard InChI is InChI=1S/C45H83NO13/c1-3-5-7-9-11-12-13-14-15-16-17-18-19-20-21-23-25-27-29-37(50)46-33(34(49)28-26-24-22-10-8-6-4-2)32-56-44-42(55)40(53)43(36(31-48)58-44)59-45-41(54)39(52)38(51)35(30-47)57-45/h15-16,26,28,33-36,38-45,47-49,51-55H,3-14,17-25,27,29-32H2,1-2H3,(H,46,50)/b16-15-,28-26+. The van der Waals surface area contributed by atoms with Crippen molar-refractivity contribution in [2.75, 3.05) is 19.8 Å². The Balaban J connectivity index is 1.82. The molecule has 0 bridgehead atoms. The first-order valence-electron chi connectivity index (χ1n) is 23.1. The lowest BCUT2D eigenvalue weighted by Crippen LogP contribution is -2.65. The summed E-state index contributed by atoms with van der Waals surface area (Å²) in [4.78, 5) is 13.1. The highest BCUT2D eigenvalue weighted by Crippen LogP contribution is 2.30. The van der Waals surface area contributed by atoms with Crippen molar-refractivity contribution in [2.24, 2.45) is 0 Å². The van der Waals surface area contributed by atoms with E-state index in [-0.39, 0.29) is 18.9 Å². The van der Waals surface area contributed by atoms with Crippen LogP contribution in [0.4, 0.5) is 0 Å². The molecule has 2 aliphatic rings. The molecule has 2 saturated heterocycles. The molecule has 59 heavy (non-hydrogen) atoms. The number of carbonyl (C=O) groups excluding carboxylic acids is 1. The number of rotatable bonds is 34. The predicted octanol–water partition coefficient (Wildman–Crippen LogP) is 4.60. The Labute approximate surface area is 354 Å². The second-order valence-corrected chi connectivity index (χ2v) is 16.5. The maximum Gasteiger partial charge on any atom is 0.220 e. The first-order chi connectivity index (χ1) is 28.6. The van der Waals surface area contributed by atoms with Gasteiger partial charge in [0, 0.05) is 6.42 Å². The molecule has 346 valence electrons. The van der Waals surface area contributed by atoms with Crippen molar-refractivity contribution in [3.63, 3.8) is 0 Å². The Kier molecular flexibility index (Phi) is 30.1. The second kappa shape index (κ2) is 33.1. The minimum Gasteiger partial charge on any atom is -0.394 e. The van der Waals surface area contributed by atoms with E-state index in [0.29, 0.717) is 6.42 Å². The summed E-state index contributed by atoms with van der Waals surface area (Å²) >= 11 is 0. The summed E-state index contributed by atoms with van der Waals surface area (Å²) in [7, 11) is 0. The number of amides is 1. The van der Waals surface area contributed by atoms with E-state index in [1.54, 1.807) is 6.08 Å². The minimum atomic E-state index is -1.78. The summed E-state index contributed by atoms with van der Waals surface area (Å²) in [5, 5.41) is 86.2. The van der Waals surface area contributed by atoms with E-state index in [0.717, 1.165) is 57.8 Å². The Morgan fingerprint density at radius 2 is 1.07 bits per heavy atom. The lowest BCUT2D eigenvalue weighted by Gasteiger charge is -2.46. The van der Waals surface area contributed by atoms with Gasteiger partial charge in [-0.2, -0.15) is 0 Å². The molecule has 12 unspecified atom stereocenters. The summed E-state index contributed by atoms with van der Waals surface area (Å²) < 4.78 is 22.6. The fraction of sp³-hybridized carbons (Fsp3) is 0.889. The molecular weight excluding hydrogens is 762 g/mol. The average Bonchev–Trinajstić information content (AvgIpc) is 3.23. The zero-order valence-electron chi connectivity index (χ0n) is 36.2. The number of carbonyl (C=O) groups is 1. The quantitative estimate of drug-likeness (QED) is 0.0319. The zero-order valence-corrected chi connectivity index (χ0v) is 36.2. The summed E-state index contributed by atoms with van der Waals surface area (Å²) in [5.41, 5.74) is 0. The largest absolute Gasteiger partial charge is 0.394 e. The van der Waals surface area contributed by atoms with Crippen LogP contribution in [0.1, 0.15) is 162 Å². The second-order valence-electron chi connectivity index (χ2n) is 16.5. The van der Waals surface area contributed by atoms with Crippen LogP contribution in [0.15, 0.2) is 24.3 Å². The Morgan fingerprint density at radius 3 is 1.61 bits per heavy atom. The zero-order chi connectivity index (χ0) is 43.3. The highest BCUT2D eigenvalue weighted by Gasteiger charge is 2.50. The van der Waals surface area contributed by atoms with Crippen molar-refractivity contribution in [3.05, 3.63) is 24.3 Å². The number of hydrogen-bond donors (Lipinski definition) is 9. The van der Waals surface area contributed by atoms with Crippen LogP contribution in [-0.4, -0.2) is 140 Å². The van der Waals surface area contributed by atoms with Crippen molar-refractivity contribution in [1.82, 2.24) is 5.32 Å². The van der Waals surface area contributed by atoms with Crippen LogP contribution in [0.2, 0.25) is 0 Å². The summed E-state index contributed by atoms with van der Waals surface area (Å²) in [5.74, 6) is -0.250. The van der Waals surface area contributed by atoms with E-state index in [1.165, 1.54) is 77.0 Å². The third kappa shape index (κ3) is 21.4.